The van der Waals surface area contributed by atoms with E-state index >= 15 is 0 Å². The topological polar surface area (TPSA) is 62.5 Å². The minimum absolute atomic E-state index is 0.0134. The molecule has 1 saturated carbocycles. The number of phenolic OH excluding ortho intramolecular Hbond substituents is 1. The van der Waals surface area contributed by atoms with E-state index in [0.29, 0.717) is 22.9 Å². The van der Waals surface area contributed by atoms with Crippen LogP contribution in [0.1, 0.15) is 32.1 Å². The first-order valence-corrected chi connectivity index (χ1v) is 8.30. The quantitative estimate of drug-likeness (QED) is 0.764. The van der Waals surface area contributed by atoms with Crippen molar-refractivity contribution in [1.82, 2.24) is 14.4 Å². The number of fused-ring (bicyclic) bond motifs is 1. The van der Waals surface area contributed by atoms with Crippen LogP contribution < -0.4 is 5.32 Å². The molecule has 0 atom stereocenters. The number of anilines is 1. The predicted octanol–water partition coefficient (Wildman–Crippen LogP) is 3.99. The Labute approximate surface area is 139 Å². The second-order valence-corrected chi connectivity index (χ2v) is 6.25. The summed E-state index contributed by atoms with van der Waals surface area (Å²) in [5.74, 6) is 0.390. The molecule has 0 aliphatic heterocycles. The molecular weight excluding hydrogens is 307 g/mol. The van der Waals surface area contributed by atoms with Crippen LogP contribution in [-0.4, -0.2) is 25.5 Å². The molecular formula is C18H19FN4O. The summed E-state index contributed by atoms with van der Waals surface area (Å²) in [5.41, 5.74) is 1.59. The molecule has 24 heavy (non-hydrogen) atoms. The Morgan fingerprint density at radius 1 is 1.21 bits per heavy atom. The van der Waals surface area contributed by atoms with Gasteiger partial charge in [-0.3, -0.25) is 9.38 Å². The predicted molar refractivity (Wildman–Crippen MR) is 90.5 cm³/mol. The van der Waals surface area contributed by atoms with E-state index in [2.05, 4.69) is 15.3 Å². The molecule has 1 aromatic carbocycles. The van der Waals surface area contributed by atoms with Gasteiger partial charge >= 0.3 is 0 Å². The number of benzene rings is 1. The number of hydrogen-bond acceptors (Lipinski definition) is 4. The molecule has 0 bridgehead atoms. The zero-order chi connectivity index (χ0) is 16.5. The maximum absolute atomic E-state index is 13.7. The number of phenols is 1. The lowest BCUT2D eigenvalue weighted by molar-refractivity contribution is 0.461. The first-order valence-electron chi connectivity index (χ1n) is 8.30. The fraction of sp³-hybridized carbons (Fsp3) is 0.333. The van der Waals surface area contributed by atoms with Gasteiger partial charge in [0.05, 0.1) is 6.20 Å². The average Bonchev–Trinajstić information content (AvgIpc) is 2.96. The number of nitrogens with zero attached hydrogens (tertiary/aromatic N) is 3. The molecule has 124 valence electrons. The van der Waals surface area contributed by atoms with E-state index in [1.54, 1.807) is 12.4 Å². The fourth-order valence-electron chi connectivity index (χ4n) is 3.37. The summed E-state index contributed by atoms with van der Waals surface area (Å²) in [4.78, 5) is 8.66. The van der Waals surface area contributed by atoms with E-state index < -0.39 is 5.82 Å². The van der Waals surface area contributed by atoms with Crippen LogP contribution in [0.5, 0.6) is 5.75 Å². The number of nitrogens with one attached hydrogen (secondary N) is 1. The van der Waals surface area contributed by atoms with Crippen LogP contribution in [0.4, 0.5) is 10.2 Å². The number of halogens is 1. The second kappa shape index (κ2) is 6.11. The number of aromatic nitrogens is 3. The molecule has 6 heteroatoms. The van der Waals surface area contributed by atoms with E-state index in [4.69, 9.17) is 0 Å². The maximum atomic E-state index is 13.7. The van der Waals surface area contributed by atoms with Gasteiger partial charge in [-0.05, 0) is 31.0 Å². The van der Waals surface area contributed by atoms with Crippen LogP contribution in [0.2, 0.25) is 0 Å². The third kappa shape index (κ3) is 2.68. The number of hydrogen-bond donors (Lipinski definition) is 2. The maximum Gasteiger partial charge on any atom is 0.157 e. The van der Waals surface area contributed by atoms with E-state index in [1.807, 2.05) is 10.6 Å². The molecule has 0 amide bonds. The molecule has 5 nitrogen and oxygen atoms in total. The van der Waals surface area contributed by atoms with Crippen molar-refractivity contribution < 1.29 is 9.50 Å². The Hall–Kier alpha value is -2.63. The standard InChI is InChI=1S/C18H19FN4O/c19-12-6-7-15(24)14(10-12)17-18(21-13-4-2-1-3-5-13)23-9-8-20-11-16(23)22-17/h6-11,13,21,24H,1-5H2. The molecule has 0 radical (unpaired) electrons. The van der Waals surface area contributed by atoms with Gasteiger partial charge in [0, 0.05) is 24.0 Å². The minimum Gasteiger partial charge on any atom is -0.507 e. The Balaban J connectivity index is 1.84. The van der Waals surface area contributed by atoms with Crippen LogP contribution in [0, 0.1) is 5.82 Å². The third-order valence-electron chi connectivity index (χ3n) is 4.59. The first kappa shape index (κ1) is 14.9. The molecule has 3 aromatic rings. The van der Waals surface area contributed by atoms with Gasteiger partial charge in [0.2, 0.25) is 0 Å². The van der Waals surface area contributed by atoms with Gasteiger partial charge in [-0.25, -0.2) is 9.37 Å². The largest absolute Gasteiger partial charge is 0.507 e. The van der Waals surface area contributed by atoms with Crippen LogP contribution in [0.15, 0.2) is 36.8 Å². The molecule has 2 aromatic heterocycles. The SMILES string of the molecule is Oc1ccc(F)cc1-c1nc2cnccn2c1NC1CCCCC1. The molecule has 1 aliphatic rings. The highest BCUT2D eigenvalue weighted by molar-refractivity contribution is 5.80. The normalized spacial score (nSPS) is 15.7. The lowest BCUT2D eigenvalue weighted by Gasteiger charge is -2.24. The van der Waals surface area contributed by atoms with Crippen molar-refractivity contribution in [1.29, 1.82) is 0 Å². The minimum atomic E-state index is -0.401. The molecule has 2 heterocycles. The highest BCUT2D eigenvalue weighted by atomic mass is 19.1. The van der Waals surface area contributed by atoms with Crippen molar-refractivity contribution >= 4 is 11.5 Å². The van der Waals surface area contributed by atoms with E-state index in [1.165, 1.54) is 37.5 Å². The number of rotatable bonds is 3. The summed E-state index contributed by atoms with van der Waals surface area (Å²) in [5, 5.41) is 13.7. The zero-order valence-electron chi connectivity index (χ0n) is 13.2. The summed E-state index contributed by atoms with van der Waals surface area (Å²) in [6.07, 6.45) is 11.1. The fourth-order valence-corrected chi connectivity index (χ4v) is 3.37. The number of aromatic hydroxyl groups is 1. The van der Waals surface area contributed by atoms with Crippen LogP contribution in [-0.2, 0) is 0 Å². The number of imidazole rings is 1. The molecule has 1 aliphatic carbocycles. The van der Waals surface area contributed by atoms with Gasteiger partial charge in [0.1, 0.15) is 23.1 Å². The Kier molecular flexibility index (Phi) is 3.80. The lowest BCUT2D eigenvalue weighted by atomic mass is 9.95. The van der Waals surface area contributed by atoms with Gasteiger partial charge in [-0.2, -0.15) is 0 Å². The van der Waals surface area contributed by atoms with Crippen molar-refractivity contribution in [3.05, 3.63) is 42.6 Å². The van der Waals surface area contributed by atoms with Gasteiger partial charge in [0.15, 0.2) is 5.65 Å². The van der Waals surface area contributed by atoms with Gasteiger partial charge in [0.25, 0.3) is 0 Å². The Morgan fingerprint density at radius 3 is 2.88 bits per heavy atom. The van der Waals surface area contributed by atoms with Crippen LogP contribution in [0.3, 0.4) is 0 Å². The lowest BCUT2D eigenvalue weighted by Crippen LogP contribution is -2.23. The van der Waals surface area contributed by atoms with Crippen molar-refractivity contribution in [2.75, 3.05) is 5.32 Å². The zero-order valence-corrected chi connectivity index (χ0v) is 13.2. The summed E-state index contributed by atoms with van der Waals surface area (Å²) in [7, 11) is 0. The molecule has 0 spiro atoms. The summed E-state index contributed by atoms with van der Waals surface area (Å²) in [6.45, 7) is 0. The van der Waals surface area contributed by atoms with Crippen molar-refractivity contribution in [3.8, 4) is 17.0 Å². The van der Waals surface area contributed by atoms with Gasteiger partial charge < -0.3 is 10.4 Å². The van der Waals surface area contributed by atoms with Crippen molar-refractivity contribution in [3.63, 3.8) is 0 Å². The van der Waals surface area contributed by atoms with Crippen LogP contribution in [0.25, 0.3) is 16.9 Å². The Bertz CT molecular complexity index is 871. The third-order valence-corrected chi connectivity index (χ3v) is 4.59. The first-order chi connectivity index (χ1) is 11.7. The molecule has 4 rings (SSSR count). The summed E-state index contributed by atoms with van der Waals surface area (Å²) < 4.78 is 15.6. The molecule has 2 N–H and O–H groups in total. The summed E-state index contributed by atoms with van der Waals surface area (Å²) in [6, 6.07) is 4.28. The monoisotopic (exact) mass is 326 g/mol. The van der Waals surface area contributed by atoms with Crippen molar-refractivity contribution in [2.24, 2.45) is 0 Å². The molecule has 0 unspecified atom stereocenters. The van der Waals surface area contributed by atoms with Crippen LogP contribution >= 0.6 is 0 Å². The second-order valence-electron chi connectivity index (χ2n) is 6.25. The van der Waals surface area contributed by atoms with E-state index in [9.17, 15) is 9.50 Å². The molecule has 1 fully saturated rings. The molecule has 0 saturated heterocycles. The van der Waals surface area contributed by atoms with E-state index in [-0.39, 0.29) is 5.75 Å². The smallest absolute Gasteiger partial charge is 0.157 e. The van der Waals surface area contributed by atoms with Gasteiger partial charge in [-0.1, -0.05) is 19.3 Å². The average molecular weight is 326 g/mol. The Morgan fingerprint density at radius 2 is 2.04 bits per heavy atom. The highest BCUT2D eigenvalue weighted by Crippen LogP contribution is 2.36. The highest BCUT2D eigenvalue weighted by Gasteiger charge is 2.21. The van der Waals surface area contributed by atoms with Crippen molar-refractivity contribution in [2.45, 2.75) is 38.1 Å². The van der Waals surface area contributed by atoms with Gasteiger partial charge in [-0.15, -0.1) is 0 Å². The summed E-state index contributed by atoms with van der Waals surface area (Å²) >= 11 is 0. The van der Waals surface area contributed by atoms with E-state index in [0.717, 1.165) is 18.7 Å².